The van der Waals surface area contributed by atoms with E-state index in [1.165, 1.54) is 4.57 Å². The van der Waals surface area contributed by atoms with Gasteiger partial charge in [0.05, 0.1) is 12.1 Å². The molecule has 1 aromatic carbocycles. The highest BCUT2D eigenvalue weighted by atomic mass is 16.6. The third kappa shape index (κ3) is 5.32. The Morgan fingerprint density at radius 2 is 1.78 bits per heavy atom. The Hall–Kier alpha value is -2.83. The van der Waals surface area contributed by atoms with Gasteiger partial charge in [-0.15, -0.1) is 0 Å². The zero-order valence-corrected chi connectivity index (χ0v) is 16.3. The summed E-state index contributed by atoms with van der Waals surface area (Å²) in [6.07, 6.45) is -0.0280. The maximum absolute atomic E-state index is 12.5. The minimum atomic E-state index is -0.685. The summed E-state index contributed by atoms with van der Waals surface area (Å²) in [6.45, 7) is 8.92. The molecule has 0 spiro atoms. The van der Waals surface area contributed by atoms with Gasteiger partial charge in [-0.25, -0.2) is 4.79 Å². The highest BCUT2D eigenvalue weighted by Crippen LogP contribution is 2.29. The van der Waals surface area contributed by atoms with Crippen LogP contribution in [0.15, 0.2) is 30.5 Å². The van der Waals surface area contributed by atoms with E-state index in [-0.39, 0.29) is 6.61 Å². The van der Waals surface area contributed by atoms with E-state index in [0.29, 0.717) is 11.1 Å². The molecule has 2 rings (SSSR count). The van der Waals surface area contributed by atoms with Crippen LogP contribution in [0.2, 0.25) is 0 Å². The second-order valence-corrected chi connectivity index (χ2v) is 7.07. The van der Waals surface area contributed by atoms with Crippen LogP contribution in [-0.4, -0.2) is 34.8 Å². The normalized spacial score (nSPS) is 12.5. The predicted molar refractivity (Wildman–Crippen MR) is 99.3 cm³/mol. The van der Waals surface area contributed by atoms with Crippen LogP contribution >= 0.6 is 0 Å². The lowest BCUT2D eigenvalue weighted by atomic mass is 10.1. The lowest BCUT2D eigenvalue weighted by Gasteiger charge is -2.19. The molecule has 27 heavy (non-hydrogen) atoms. The molecule has 2 aromatic rings. The van der Waals surface area contributed by atoms with Crippen LogP contribution in [0.5, 0.6) is 0 Å². The molecule has 0 aliphatic carbocycles. The van der Waals surface area contributed by atoms with Gasteiger partial charge >= 0.3 is 18.0 Å². The van der Waals surface area contributed by atoms with Crippen molar-refractivity contribution in [3.63, 3.8) is 0 Å². The summed E-state index contributed by atoms with van der Waals surface area (Å²) < 4.78 is 16.9. The smallest absolute Gasteiger partial charge is 0.419 e. The van der Waals surface area contributed by atoms with Crippen LogP contribution in [0.25, 0.3) is 10.9 Å². The number of aromatic nitrogens is 1. The summed E-state index contributed by atoms with van der Waals surface area (Å²) in [6, 6.07) is 7.26. The Bertz CT molecular complexity index is 846. The Morgan fingerprint density at radius 1 is 1.11 bits per heavy atom. The van der Waals surface area contributed by atoms with Gasteiger partial charge in [-0.3, -0.25) is 14.2 Å². The zero-order chi connectivity index (χ0) is 20.2. The number of benzene rings is 1. The largest absolute Gasteiger partial charge is 0.466 e. The number of nitrogens with zero attached hydrogens (tertiary/aromatic N) is 1. The standard InChI is InChI=1S/C20H25NO6/c1-6-25-17(22)11-18(23)26-13(2)15-12-21(19(24)27-20(3,4)5)16-10-8-7-9-14(15)16/h7-10,12-13H,6,11H2,1-5H3. The van der Waals surface area contributed by atoms with E-state index < -0.39 is 36.2 Å². The van der Waals surface area contributed by atoms with Crippen molar-refractivity contribution < 1.29 is 28.6 Å². The third-order valence-electron chi connectivity index (χ3n) is 3.67. The monoisotopic (exact) mass is 375 g/mol. The summed E-state index contributed by atoms with van der Waals surface area (Å²) in [7, 11) is 0. The van der Waals surface area contributed by atoms with Gasteiger partial charge in [-0.05, 0) is 40.7 Å². The van der Waals surface area contributed by atoms with E-state index in [1.54, 1.807) is 46.9 Å². The highest BCUT2D eigenvalue weighted by molar-refractivity contribution is 5.93. The average molecular weight is 375 g/mol. The number of para-hydroxylation sites is 1. The molecular formula is C20H25NO6. The van der Waals surface area contributed by atoms with E-state index in [2.05, 4.69) is 0 Å². The summed E-state index contributed by atoms with van der Waals surface area (Å²) in [4.78, 5) is 35.9. The number of carbonyl (C=O) groups excluding carboxylic acids is 3. The first kappa shape index (κ1) is 20.5. The quantitative estimate of drug-likeness (QED) is 0.446. The van der Waals surface area contributed by atoms with Crippen molar-refractivity contribution in [3.8, 4) is 0 Å². The lowest BCUT2D eigenvalue weighted by Crippen LogP contribution is -2.26. The summed E-state index contributed by atoms with van der Waals surface area (Å²) in [5.74, 6) is -1.32. The summed E-state index contributed by atoms with van der Waals surface area (Å²) in [5.41, 5.74) is 0.657. The van der Waals surface area contributed by atoms with Crippen molar-refractivity contribution in [2.24, 2.45) is 0 Å². The van der Waals surface area contributed by atoms with Crippen LogP contribution in [0.3, 0.4) is 0 Å². The predicted octanol–water partition coefficient (Wildman–Crippen LogP) is 3.98. The van der Waals surface area contributed by atoms with Crippen molar-refractivity contribution in [3.05, 3.63) is 36.0 Å². The maximum atomic E-state index is 12.5. The first-order valence-corrected chi connectivity index (χ1v) is 8.80. The first-order chi connectivity index (χ1) is 12.6. The highest BCUT2D eigenvalue weighted by Gasteiger charge is 2.24. The van der Waals surface area contributed by atoms with Crippen molar-refractivity contribution in [1.29, 1.82) is 0 Å². The van der Waals surface area contributed by atoms with Crippen LogP contribution in [-0.2, 0) is 23.8 Å². The molecule has 0 aliphatic heterocycles. The molecule has 0 radical (unpaired) electrons. The Labute approximate surface area is 158 Å². The van der Waals surface area contributed by atoms with Gasteiger partial charge in [0.2, 0.25) is 0 Å². The van der Waals surface area contributed by atoms with Crippen molar-refractivity contribution in [1.82, 2.24) is 4.57 Å². The van der Waals surface area contributed by atoms with Crippen molar-refractivity contribution >= 4 is 28.9 Å². The second-order valence-electron chi connectivity index (χ2n) is 7.07. The van der Waals surface area contributed by atoms with Crippen LogP contribution in [0.1, 0.15) is 52.7 Å². The van der Waals surface area contributed by atoms with Gasteiger partial charge in [0.15, 0.2) is 0 Å². The number of carbonyl (C=O) groups is 3. The van der Waals surface area contributed by atoms with Crippen LogP contribution in [0.4, 0.5) is 4.79 Å². The Balaban J connectivity index is 2.26. The van der Waals surface area contributed by atoms with Gasteiger partial charge in [-0.1, -0.05) is 18.2 Å². The number of esters is 2. The third-order valence-corrected chi connectivity index (χ3v) is 3.67. The molecule has 0 bridgehead atoms. The SMILES string of the molecule is CCOC(=O)CC(=O)OC(C)c1cn(C(=O)OC(C)(C)C)c2ccccc12. The number of ether oxygens (including phenoxy) is 3. The molecule has 1 atom stereocenters. The molecule has 7 nitrogen and oxygen atoms in total. The number of hydrogen-bond acceptors (Lipinski definition) is 6. The van der Waals surface area contributed by atoms with Gasteiger partial charge < -0.3 is 14.2 Å². The van der Waals surface area contributed by atoms with Gasteiger partial charge in [0.25, 0.3) is 0 Å². The first-order valence-electron chi connectivity index (χ1n) is 8.80. The molecule has 0 fully saturated rings. The van der Waals surface area contributed by atoms with Crippen LogP contribution < -0.4 is 0 Å². The summed E-state index contributed by atoms with van der Waals surface area (Å²) >= 11 is 0. The number of hydrogen-bond donors (Lipinski definition) is 0. The molecule has 146 valence electrons. The second kappa shape index (κ2) is 8.24. The van der Waals surface area contributed by atoms with E-state index in [4.69, 9.17) is 14.2 Å². The molecule has 1 unspecified atom stereocenters. The average Bonchev–Trinajstić information content (AvgIpc) is 2.93. The molecule has 0 aliphatic rings. The molecule has 0 saturated heterocycles. The van der Waals surface area contributed by atoms with Crippen molar-refractivity contribution in [2.75, 3.05) is 6.61 Å². The van der Waals surface area contributed by atoms with Gasteiger partial charge in [0.1, 0.15) is 18.1 Å². The minimum Gasteiger partial charge on any atom is -0.466 e. The van der Waals surface area contributed by atoms with E-state index in [1.807, 2.05) is 18.2 Å². The van der Waals surface area contributed by atoms with Gasteiger partial charge in [0, 0.05) is 17.1 Å². The maximum Gasteiger partial charge on any atom is 0.419 e. The minimum absolute atomic E-state index is 0.199. The van der Waals surface area contributed by atoms with E-state index in [0.717, 1.165) is 5.39 Å². The molecule has 7 heteroatoms. The molecule has 1 aromatic heterocycles. The number of rotatable bonds is 5. The fraction of sp³-hybridized carbons (Fsp3) is 0.450. The zero-order valence-electron chi connectivity index (χ0n) is 16.3. The lowest BCUT2D eigenvalue weighted by molar-refractivity contribution is -0.157. The molecule has 0 N–H and O–H groups in total. The molecule has 1 heterocycles. The molecule has 0 amide bonds. The summed E-state index contributed by atoms with van der Waals surface area (Å²) in [5, 5.41) is 0.764. The van der Waals surface area contributed by atoms with E-state index >= 15 is 0 Å². The molecular weight excluding hydrogens is 350 g/mol. The Morgan fingerprint density at radius 3 is 2.41 bits per heavy atom. The van der Waals surface area contributed by atoms with E-state index in [9.17, 15) is 14.4 Å². The van der Waals surface area contributed by atoms with Crippen molar-refractivity contribution in [2.45, 2.75) is 52.7 Å². The topological polar surface area (TPSA) is 83.8 Å². The van der Waals surface area contributed by atoms with Gasteiger partial charge in [-0.2, -0.15) is 0 Å². The Kier molecular flexibility index (Phi) is 6.25. The molecule has 0 saturated carbocycles. The fourth-order valence-corrected chi connectivity index (χ4v) is 2.62. The number of fused-ring (bicyclic) bond motifs is 1. The fourth-order valence-electron chi connectivity index (χ4n) is 2.62. The van der Waals surface area contributed by atoms with Crippen LogP contribution in [0, 0.1) is 0 Å².